The third-order valence-electron chi connectivity index (χ3n) is 6.33. The summed E-state index contributed by atoms with van der Waals surface area (Å²) < 4.78 is 36.6. The average molecular weight is 467 g/mol. The SMILES string of the molecule is Cc1cc(C2CCN(S(C)(=O)=O)CC2)ccc1OCC1CCN(C(=O)OC(C)(C)C)CC1. The first-order chi connectivity index (χ1) is 14.9. The summed E-state index contributed by atoms with van der Waals surface area (Å²) in [5, 5.41) is 0. The predicted octanol–water partition coefficient (Wildman–Crippen LogP) is 4.16. The summed E-state index contributed by atoms with van der Waals surface area (Å²) in [6.07, 6.45) is 4.58. The number of likely N-dealkylation sites (tertiary alicyclic amines) is 1. The minimum atomic E-state index is -3.10. The summed E-state index contributed by atoms with van der Waals surface area (Å²) >= 11 is 0. The molecule has 32 heavy (non-hydrogen) atoms. The minimum Gasteiger partial charge on any atom is -0.493 e. The molecule has 0 N–H and O–H groups in total. The van der Waals surface area contributed by atoms with E-state index < -0.39 is 15.6 Å². The number of carbonyl (C=O) groups is 1. The van der Waals surface area contributed by atoms with Crippen LogP contribution in [0.3, 0.4) is 0 Å². The second-order valence-electron chi connectivity index (χ2n) is 10.2. The van der Waals surface area contributed by atoms with E-state index >= 15 is 0 Å². The molecule has 7 nitrogen and oxygen atoms in total. The first-order valence-corrected chi connectivity index (χ1v) is 13.4. The number of benzene rings is 1. The van der Waals surface area contributed by atoms with Crippen molar-refractivity contribution in [2.75, 3.05) is 39.0 Å². The van der Waals surface area contributed by atoms with Crippen LogP contribution in [0.2, 0.25) is 0 Å². The van der Waals surface area contributed by atoms with Crippen LogP contribution in [0.4, 0.5) is 4.79 Å². The van der Waals surface area contributed by atoms with Crippen molar-refractivity contribution in [3.05, 3.63) is 29.3 Å². The molecule has 0 radical (unpaired) electrons. The van der Waals surface area contributed by atoms with Crippen LogP contribution in [0.15, 0.2) is 18.2 Å². The van der Waals surface area contributed by atoms with Crippen LogP contribution in [0.5, 0.6) is 5.75 Å². The van der Waals surface area contributed by atoms with Crippen molar-refractivity contribution in [2.24, 2.45) is 5.92 Å². The van der Waals surface area contributed by atoms with Gasteiger partial charge < -0.3 is 14.4 Å². The Morgan fingerprint density at radius 3 is 2.22 bits per heavy atom. The van der Waals surface area contributed by atoms with Crippen molar-refractivity contribution in [3.8, 4) is 5.75 Å². The van der Waals surface area contributed by atoms with E-state index in [0.29, 0.717) is 44.6 Å². The molecule has 1 aromatic rings. The first-order valence-electron chi connectivity index (χ1n) is 11.6. The third kappa shape index (κ3) is 6.85. The van der Waals surface area contributed by atoms with Gasteiger partial charge >= 0.3 is 6.09 Å². The van der Waals surface area contributed by atoms with Gasteiger partial charge in [-0.1, -0.05) is 12.1 Å². The number of hydrogen-bond acceptors (Lipinski definition) is 5. The molecule has 0 unspecified atom stereocenters. The van der Waals surface area contributed by atoms with Crippen LogP contribution in [0, 0.1) is 12.8 Å². The maximum absolute atomic E-state index is 12.2. The van der Waals surface area contributed by atoms with Crippen molar-refractivity contribution in [2.45, 2.75) is 64.9 Å². The van der Waals surface area contributed by atoms with Gasteiger partial charge in [-0.25, -0.2) is 17.5 Å². The molecule has 2 saturated heterocycles. The van der Waals surface area contributed by atoms with Gasteiger partial charge in [-0.15, -0.1) is 0 Å². The van der Waals surface area contributed by atoms with E-state index in [1.54, 1.807) is 9.21 Å². The number of carbonyl (C=O) groups excluding carboxylic acids is 1. The number of nitrogens with zero attached hydrogens (tertiary/aromatic N) is 2. The van der Waals surface area contributed by atoms with Crippen LogP contribution in [-0.4, -0.2) is 68.4 Å². The summed E-state index contributed by atoms with van der Waals surface area (Å²) in [6, 6.07) is 6.35. The first kappa shape index (κ1) is 24.8. The maximum Gasteiger partial charge on any atom is 0.410 e. The van der Waals surface area contributed by atoms with Crippen LogP contribution < -0.4 is 4.74 Å². The molecule has 0 saturated carbocycles. The number of hydrogen-bond donors (Lipinski definition) is 0. The Hall–Kier alpha value is -1.80. The second-order valence-corrected chi connectivity index (χ2v) is 12.2. The Kier molecular flexibility index (Phi) is 7.76. The molecule has 3 rings (SSSR count). The summed E-state index contributed by atoms with van der Waals surface area (Å²) in [7, 11) is -3.10. The molecule has 0 aromatic heterocycles. The van der Waals surface area contributed by atoms with Crippen LogP contribution in [0.25, 0.3) is 0 Å². The fourth-order valence-electron chi connectivity index (χ4n) is 4.43. The minimum absolute atomic E-state index is 0.231. The number of sulfonamides is 1. The lowest BCUT2D eigenvalue weighted by Crippen LogP contribution is -2.42. The fraction of sp³-hybridized carbons (Fsp3) is 0.708. The van der Waals surface area contributed by atoms with E-state index in [1.807, 2.05) is 26.8 Å². The Morgan fingerprint density at radius 1 is 1.06 bits per heavy atom. The van der Waals surface area contributed by atoms with Gasteiger partial charge in [-0.3, -0.25) is 0 Å². The lowest BCUT2D eigenvalue weighted by atomic mass is 9.89. The van der Waals surface area contributed by atoms with Crippen molar-refractivity contribution in [1.29, 1.82) is 0 Å². The molecule has 8 heteroatoms. The van der Waals surface area contributed by atoms with Gasteiger partial charge in [0.15, 0.2) is 0 Å². The number of piperidine rings is 2. The number of amides is 1. The zero-order valence-corrected chi connectivity index (χ0v) is 20.9. The maximum atomic E-state index is 12.2. The van der Waals surface area contributed by atoms with Gasteiger partial charge in [-0.2, -0.15) is 0 Å². The van der Waals surface area contributed by atoms with Crippen LogP contribution >= 0.6 is 0 Å². The molecule has 0 spiro atoms. The summed E-state index contributed by atoms with van der Waals surface area (Å²) in [5.74, 6) is 1.71. The average Bonchev–Trinajstić information content (AvgIpc) is 2.71. The van der Waals surface area contributed by atoms with E-state index in [1.165, 1.54) is 11.8 Å². The number of rotatable bonds is 5. The topological polar surface area (TPSA) is 76.2 Å². The molecule has 2 fully saturated rings. The molecular weight excluding hydrogens is 428 g/mol. The highest BCUT2D eigenvalue weighted by molar-refractivity contribution is 7.88. The Morgan fingerprint density at radius 2 is 1.69 bits per heavy atom. The van der Waals surface area contributed by atoms with Gasteiger partial charge in [0.05, 0.1) is 12.9 Å². The molecule has 180 valence electrons. The van der Waals surface area contributed by atoms with Crippen molar-refractivity contribution >= 4 is 16.1 Å². The molecular formula is C24H38N2O5S. The predicted molar refractivity (Wildman–Crippen MR) is 126 cm³/mol. The normalized spacial score (nSPS) is 19.7. The molecule has 2 aliphatic rings. The molecule has 1 amide bonds. The van der Waals surface area contributed by atoms with E-state index in [9.17, 15) is 13.2 Å². The lowest BCUT2D eigenvalue weighted by Gasteiger charge is -2.33. The van der Waals surface area contributed by atoms with Crippen molar-refractivity contribution < 1.29 is 22.7 Å². The smallest absolute Gasteiger partial charge is 0.410 e. The summed E-state index contributed by atoms with van der Waals surface area (Å²) in [6.45, 7) is 10.9. The van der Waals surface area contributed by atoms with E-state index in [-0.39, 0.29) is 6.09 Å². The van der Waals surface area contributed by atoms with Gasteiger partial charge in [0.2, 0.25) is 10.0 Å². The lowest BCUT2D eigenvalue weighted by molar-refractivity contribution is 0.0165. The van der Waals surface area contributed by atoms with Crippen molar-refractivity contribution in [3.63, 3.8) is 0 Å². The van der Waals surface area contributed by atoms with Crippen LogP contribution in [-0.2, 0) is 14.8 Å². The second kappa shape index (κ2) is 10.00. The van der Waals surface area contributed by atoms with Gasteiger partial charge in [0.25, 0.3) is 0 Å². The van der Waals surface area contributed by atoms with Crippen molar-refractivity contribution in [1.82, 2.24) is 9.21 Å². The highest BCUT2D eigenvalue weighted by atomic mass is 32.2. The highest BCUT2D eigenvalue weighted by Gasteiger charge is 2.28. The largest absolute Gasteiger partial charge is 0.493 e. The van der Waals surface area contributed by atoms with E-state index in [2.05, 4.69) is 19.1 Å². The standard InChI is InChI=1S/C24H38N2O5S/c1-18-16-21(20-10-14-26(15-11-20)32(5,28)29)6-7-22(18)30-17-19-8-12-25(13-9-19)23(27)31-24(2,3)4/h6-7,16,19-20H,8-15,17H2,1-5H3. The molecule has 0 atom stereocenters. The zero-order valence-electron chi connectivity index (χ0n) is 20.1. The molecule has 0 aliphatic carbocycles. The Balaban J connectivity index is 1.46. The number of aryl methyl sites for hydroxylation is 1. The fourth-order valence-corrected chi connectivity index (χ4v) is 5.30. The van der Waals surface area contributed by atoms with E-state index in [4.69, 9.17) is 9.47 Å². The van der Waals surface area contributed by atoms with Gasteiger partial charge in [0.1, 0.15) is 11.4 Å². The highest BCUT2D eigenvalue weighted by Crippen LogP contribution is 2.32. The van der Waals surface area contributed by atoms with Crippen LogP contribution in [0.1, 0.15) is 63.5 Å². The Labute approximate surface area is 193 Å². The van der Waals surface area contributed by atoms with E-state index in [0.717, 1.165) is 37.0 Å². The third-order valence-corrected chi connectivity index (χ3v) is 7.64. The Bertz CT molecular complexity index is 893. The number of ether oxygens (including phenoxy) is 2. The monoisotopic (exact) mass is 466 g/mol. The summed E-state index contributed by atoms with van der Waals surface area (Å²) in [4.78, 5) is 14.0. The van der Waals surface area contributed by atoms with Gasteiger partial charge in [-0.05, 0) is 82.4 Å². The molecule has 1 aromatic carbocycles. The molecule has 2 aliphatic heterocycles. The summed E-state index contributed by atoms with van der Waals surface area (Å²) in [5.41, 5.74) is 1.90. The molecule has 0 bridgehead atoms. The molecule has 2 heterocycles. The quantitative estimate of drug-likeness (QED) is 0.651. The zero-order chi connectivity index (χ0) is 23.5. The van der Waals surface area contributed by atoms with Gasteiger partial charge in [0, 0.05) is 26.2 Å².